The van der Waals surface area contributed by atoms with Crippen LogP contribution in [0.25, 0.3) is 0 Å². The summed E-state index contributed by atoms with van der Waals surface area (Å²) < 4.78 is 0. The number of likely N-dealkylation sites (N-methyl/N-ethyl adjacent to an activating group) is 1. The Kier molecular flexibility index (Phi) is 6.20. The van der Waals surface area contributed by atoms with Crippen molar-refractivity contribution in [3.8, 4) is 0 Å². The highest BCUT2D eigenvalue weighted by Gasteiger charge is 2.25. The maximum atomic E-state index is 12.1. The van der Waals surface area contributed by atoms with Crippen molar-refractivity contribution in [3.63, 3.8) is 0 Å². The van der Waals surface area contributed by atoms with Gasteiger partial charge in [-0.25, -0.2) is 4.79 Å². The molecule has 1 aliphatic heterocycles. The van der Waals surface area contributed by atoms with Crippen molar-refractivity contribution in [3.05, 3.63) is 29.8 Å². The Labute approximate surface area is 143 Å². The van der Waals surface area contributed by atoms with Gasteiger partial charge in [-0.3, -0.25) is 9.69 Å². The van der Waals surface area contributed by atoms with E-state index in [0.717, 1.165) is 25.9 Å². The summed E-state index contributed by atoms with van der Waals surface area (Å²) in [7, 11) is 1.82. The zero-order valence-electron chi connectivity index (χ0n) is 14.7. The number of hydrogen-bond donors (Lipinski definition) is 2. The first-order valence-electron chi connectivity index (χ1n) is 8.47. The largest absolute Gasteiger partial charge is 0.480 e. The lowest BCUT2D eigenvalue weighted by Gasteiger charge is -2.26. The highest BCUT2D eigenvalue weighted by Crippen LogP contribution is 2.23. The molecule has 6 nitrogen and oxygen atoms in total. The van der Waals surface area contributed by atoms with E-state index in [4.69, 9.17) is 0 Å². The standard InChI is InChI=1S/C18H27N3O3/c1-13(2)12-20(3)16(17(22)23)14-6-8-15(9-7-14)19-18(24)21-10-4-5-11-21/h6-9,13,16H,4-5,10-12H2,1-3H3,(H,19,24)(H,22,23)/t16-/m0/s1. The predicted molar refractivity (Wildman–Crippen MR) is 94.1 cm³/mol. The number of urea groups is 1. The van der Waals surface area contributed by atoms with Crippen LogP contribution < -0.4 is 5.32 Å². The number of hydrogen-bond acceptors (Lipinski definition) is 3. The second-order valence-electron chi connectivity index (χ2n) is 6.82. The van der Waals surface area contributed by atoms with Crippen molar-refractivity contribution in [2.45, 2.75) is 32.7 Å². The zero-order chi connectivity index (χ0) is 17.7. The molecule has 1 saturated heterocycles. The van der Waals surface area contributed by atoms with Crippen molar-refractivity contribution in [1.29, 1.82) is 0 Å². The number of rotatable bonds is 6. The van der Waals surface area contributed by atoms with Gasteiger partial charge in [0.15, 0.2) is 0 Å². The van der Waals surface area contributed by atoms with Crippen LogP contribution in [0, 0.1) is 5.92 Å². The van der Waals surface area contributed by atoms with Gasteiger partial charge in [0.1, 0.15) is 6.04 Å². The van der Waals surface area contributed by atoms with Crippen molar-refractivity contribution in [2.24, 2.45) is 5.92 Å². The summed E-state index contributed by atoms with van der Waals surface area (Å²) >= 11 is 0. The number of nitrogens with one attached hydrogen (secondary N) is 1. The molecule has 0 bridgehead atoms. The third-order valence-electron chi connectivity index (χ3n) is 4.20. The first-order valence-corrected chi connectivity index (χ1v) is 8.47. The topological polar surface area (TPSA) is 72.9 Å². The van der Waals surface area contributed by atoms with Gasteiger partial charge >= 0.3 is 12.0 Å². The number of carbonyl (C=O) groups excluding carboxylic acids is 1. The van der Waals surface area contributed by atoms with E-state index in [1.54, 1.807) is 29.2 Å². The highest BCUT2D eigenvalue weighted by molar-refractivity contribution is 5.89. The molecule has 1 fully saturated rings. The molecule has 0 saturated carbocycles. The van der Waals surface area contributed by atoms with Crippen LogP contribution in [0.5, 0.6) is 0 Å². The van der Waals surface area contributed by atoms with Crippen molar-refractivity contribution in [2.75, 3.05) is 32.0 Å². The number of aliphatic carboxylic acids is 1. The molecule has 0 aromatic heterocycles. The molecule has 24 heavy (non-hydrogen) atoms. The van der Waals surface area contributed by atoms with Gasteiger partial charge in [0, 0.05) is 25.3 Å². The van der Waals surface area contributed by atoms with Crippen LogP contribution in [-0.2, 0) is 4.79 Å². The Balaban J connectivity index is 2.05. The molecular formula is C18H27N3O3. The van der Waals surface area contributed by atoms with E-state index < -0.39 is 12.0 Å². The third-order valence-corrected chi connectivity index (χ3v) is 4.20. The minimum atomic E-state index is -0.869. The number of carboxylic acid groups (broad SMARTS) is 1. The fourth-order valence-electron chi connectivity index (χ4n) is 3.14. The Morgan fingerprint density at radius 1 is 1.21 bits per heavy atom. The third kappa shape index (κ3) is 4.71. The lowest BCUT2D eigenvalue weighted by atomic mass is 10.0. The van der Waals surface area contributed by atoms with Crippen LogP contribution in [0.3, 0.4) is 0 Å². The lowest BCUT2D eigenvalue weighted by molar-refractivity contribution is -0.143. The molecule has 0 aliphatic carbocycles. The first-order chi connectivity index (χ1) is 11.4. The molecule has 1 aromatic rings. The first kappa shape index (κ1) is 18.3. The van der Waals surface area contributed by atoms with Gasteiger partial charge < -0.3 is 15.3 Å². The quantitative estimate of drug-likeness (QED) is 0.839. The van der Waals surface area contributed by atoms with Gasteiger partial charge in [-0.2, -0.15) is 0 Å². The molecule has 1 heterocycles. The second-order valence-corrected chi connectivity index (χ2v) is 6.82. The maximum Gasteiger partial charge on any atom is 0.325 e. The van der Waals surface area contributed by atoms with Crippen molar-refractivity contribution < 1.29 is 14.7 Å². The van der Waals surface area contributed by atoms with Crippen molar-refractivity contribution >= 4 is 17.7 Å². The molecule has 132 valence electrons. The molecule has 1 aliphatic rings. The van der Waals surface area contributed by atoms with E-state index in [1.165, 1.54) is 0 Å². The van der Waals surface area contributed by atoms with Crippen molar-refractivity contribution in [1.82, 2.24) is 9.80 Å². The summed E-state index contributed by atoms with van der Waals surface area (Å²) in [6, 6.07) is 6.30. The van der Waals surface area contributed by atoms with E-state index in [-0.39, 0.29) is 6.03 Å². The molecule has 6 heteroatoms. The van der Waals surface area contributed by atoms with Crippen LogP contribution in [0.4, 0.5) is 10.5 Å². The molecule has 2 rings (SSSR count). The van der Waals surface area contributed by atoms with Gasteiger partial charge in [-0.05, 0) is 43.5 Å². The lowest BCUT2D eigenvalue weighted by Crippen LogP contribution is -2.33. The molecule has 0 spiro atoms. The Morgan fingerprint density at radius 2 is 1.79 bits per heavy atom. The van der Waals surface area contributed by atoms with Crippen LogP contribution in [0.1, 0.15) is 38.3 Å². The molecular weight excluding hydrogens is 306 g/mol. The minimum absolute atomic E-state index is 0.0908. The number of amides is 2. The number of carboxylic acids is 1. The van der Waals surface area contributed by atoms with E-state index in [9.17, 15) is 14.7 Å². The number of nitrogens with zero attached hydrogens (tertiary/aromatic N) is 2. The highest BCUT2D eigenvalue weighted by atomic mass is 16.4. The SMILES string of the molecule is CC(C)CN(C)[C@H](C(=O)O)c1ccc(NC(=O)N2CCCC2)cc1. The Bertz CT molecular complexity index is 565. The van der Waals surface area contributed by atoms with Gasteiger partial charge in [0.05, 0.1) is 0 Å². The van der Waals surface area contributed by atoms with E-state index in [0.29, 0.717) is 23.7 Å². The number of anilines is 1. The molecule has 2 N–H and O–H groups in total. The molecule has 1 aromatic carbocycles. The van der Waals surface area contributed by atoms with Crippen LogP contribution in [0.15, 0.2) is 24.3 Å². The number of benzene rings is 1. The van der Waals surface area contributed by atoms with Gasteiger partial charge in [-0.1, -0.05) is 26.0 Å². The summed E-state index contributed by atoms with van der Waals surface area (Å²) in [6.45, 7) is 6.42. The van der Waals surface area contributed by atoms with Crippen LogP contribution >= 0.6 is 0 Å². The summed E-state index contributed by atoms with van der Waals surface area (Å²) in [5.41, 5.74) is 1.40. The summed E-state index contributed by atoms with van der Waals surface area (Å²) in [5, 5.41) is 12.4. The maximum absolute atomic E-state index is 12.1. The molecule has 1 atom stereocenters. The van der Waals surface area contributed by atoms with E-state index in [2.05, 4.69) is 19.2 Å². The normalized spacial score (nSPS) is 15.8. The average molecular weight is 333 g/mol. The monoisotopic (exact) mass is 333 g/mol. The summed E-state index contributed by atoms with van der Waals surface area (Å²) in [6.07, 6.45) is 2.10. The molecule has 2 amide bonds. The summed E-state index contributed by atoms with van der Waals surface area (Å²) in [4.78, 5) is 27.4. The Hall–Kier alpha value is -2.08. The minimum Gasteiger partial charge on any atom is -0.480 e. The predicted octanol–water partition coefficient (Wildman–Crippen LogP) is 3.03. The average Bonchev–Trinajstić information content (AvgIpc) is 3.02. The van der Waals surface area contributed by atoms with Gasteiger partial charge in [-0.15, -0.1) is 0 Å². The fraction of sp³-hybridized carbons (Fsp3) is 0.556. The second kappa shape index (κ2) is 8.15. The van der Waals surface area contributed by atoms with Crippen LogP contribution in [0.2, 0.25) is 0 Å². The smallest absolute Gasteiger partial charge is 0.325 e. The molecule has 0 unspecified atom stereocenters. The van der Waals surface area contributed by atoms with E-state index >= 15 is 0 Å². The summed E-state index contributed by atoms with van der Waals surface area (Å²) in [5.74, 6) is -0.483. The van der Waals surface area contributed by atoms with E-state index in [1.807, 2.05) is 11.9 Å². The number of carbonyl (C=O) groups is 2. The Morgan fingerprint density at radius 3 is 2.29 bits per heavy atom. The number of likely N-dealkylation sites (tertiary alicyclic amines) is 1. The molecule has 0 radical (unpaired) electrons. The fourth-order valence-corrected chi connectivity index (χ4v) is 3.14. The van der Waals surface area contributed by atoms with Gasteiger partial charge in [0.2, 0.25) is 0 Å². The van der Waals surface area contributed by atoms with Crippen LogP contribution in [-0.4, -0.2) is 53.6 Å². The van der Waals surface area contributed by atoms with Gasteiger partial charge in [0.25, 0.3) is 0 Å². The zero-order valence-corrected chi connectivity index (χ0v) is 14.7.